The number of rotatable bonds is 4. The summed E-state index contributed by atoms with van der Waals surface area (Å²) in [4.78, 5) is 21.1. The van der Waals surface area contributed by atoms with Gasteiger partial charge in [0.1, 0.15) is 17.2 Å². The molecule has 3 aliphatic heterocycles. The number of nitrogens with two attached hydrogens (primary N) is 1. The molecule has 3 N–H and O–H groups in total. The third kappa shape index (κ3) is 2.43. The van der Waals surface area contributed by atoms with Crippen LogP contribution in [0.1, 0.15) is 22.8 Å². The predicted molar refractivity (Wildman–Crippen MR) is 103 cm³/mol. The first-order valence-electron chi connectivity index (χ1n) is 9.07. The van der Waals surface area contributed by atoms with Crippen LogP contribution in [0, 0.1) is 0 Å². The predicted octanol–water partition coefficient (Wildman–Crippen LogP) is 1.80. The topological polar surface area (TPSA) is 112 Å². The van der Waals surface area contributed by atoms with Crippen molar-refractivity contribution in [3.8, 4) is 22.6 Å². The molecule has 0 bridgehead atoms. The molecule has 2 aromatic rings. The number of fused-ring (bicyclic) bond motifs is 2. The van der Waals surface area contributed by atoms with Crippen LogP contribution in [0.2, 0.25) is 0 Å². The first kappa shape index (κ1) is 16.7. The van der Waals surface area contributed by atoms with Crippen molar-refractivity contribution in [2.45, 2.75) is 12.5 Å². The monoisotopic (exact) mass is 377 g/mol. The molecule has 1 atom stereocenters. The second kappa shape index (κ2) is 6.31. The Morgan fingerprint density at radius 3 is 3.00 bits per heavy atom. The molecule has 9 heteroatoms. The molecule has 3 aliphatic rings. The minimum Gasteiger partial charge on any atom is -0.379 e. The standard InChI is InChI=1S/C19H19N7O2/c1-21-16-7-15(24-19-14(17(20)27)9-23-26(16)19)13-8-22-18-12(13)3-2-5-25(18)11-4-6-28-10-11/h2-3,5,7-9,11,21H,4,6,10H2,1H3,(H2,20,27)/t11-/m0/s1. The molecule has 1 fully saturated rings. The second-order valence-corrected chi connectivity index (χ2v) is 6.78. The fourth-order valence-electron chi connectivity index (χ4n) is 3.75. The molecule has 0 radical (unpaired) electrons. The minimum atomic E-state index is -0.564. The maximum atomic E-state index is 11.8. The fourth-order valence-corrected chi connectivity index (χ4v) is 3.75. The van der Waals surface area contributed by atoms with E-state index in [2.05, 4.69) is 25.0 Å². The van der Waals surface area contributed by atoms with Gasteiger partial charge in [-0.15, -0.1) is 0 Å². The number of nitrogens with zero attached hydrogens (tertiary/aromatic N) is 5. The SMILES string of the molecule is CNc1cc(-c2cnc3n([C@H]4CCOC4)cccc2-3)nc2c(C(N)=O)cnn12. The van der Waals surface area contributed by atoms with Crippen LogP contribution in [-0.2, 0) is 4.74 Å². The number of ether oxygens (including phenoxy) is 1. The van der Waals surface area contributed by atoms with Gasteiger partial charge in [-0.2, -0.15) is 9.61 Å². The number of carbonyl (C=O) groups is 1. The molecule has 5 rings (SSSR count). The number of primary amides is 1. The number of hydrogen-bond acceptors (Lipinski definition) is 6. The molecule has 2 aromatic heterocycles. The van der Waals surface area contributed by atoms with Crippen LogP contribution in [0.4, 0.5) is 5.82 Å². The summed E-state index contributed by atoms with van der Waals surface area (Å²) in [5, 5.41) is 7.31. The van der Waals surface area contributed by atoms with E-state index in [1.165, 1.54) is 6.20 Å². The van der Waals surface area contributed by atoms with Gasteiger partial charge in [0.05, 0.1) is 24.5 Å². The second-order valence-electron chi connectivity index (χ2n) is 6.78. The number of aromatic nitrogens is 5. The van der Waals surface area contributed by atoms with Gasteiger partial charge in [0, 0.05) is 43.2 Å². The Morgan fingerprint density at radius 1 is 1.36 bits per heavy atom. The summed E-state index contributed by atoms with van der Waals surface area (Å²) in [6.07, 6.45) is 6.26. The fraction of sp³-hybridized carbons (Fsp3) is 0.263. The van der Waals surface area contributed by atoms with E-state index < -0.39 is 5.91 Å². The summed E-state index contributed by atoms with van der Waals surface area (Å²) in [5.74, 6) is 1.03. The average molecular weight is 377 g/mol. The third-order valence-electron chi connectivity index (χ3n) is 5.17. The van der Waals surface area contributed by atoms with Crippen molar-refractivity contribution in [3.05, 3.63) is 42.4 Å². The summed E-state index contributed by atoms with van der Waals surface area (Å²) in [5.41, 5.74) is 8.76. The summed E-state index contributed by atoms with van der Waals surface area (Å²) >= 11 is 0. The van der Waals surface area contributed by atoms with Gasteiger partial charge in [-0.25, -0.2) is 9.97 Å². The third-order valence-corrected chi connectivity index (χ3v) is 5.17. The largest absolute Gasteiger partial charge is 0.379 e. The van der Waals surface area contributed by atoms with Crippen LogP contribution in [-0.4, -0.2) is 50.3 Å². The van der Waals surface area contributed by atoms with Gasteiger partial charge in [-0.05, 0) is 18.6 Å². The highest BCUT2D eigenvalue weighted by Crippen LogP contribution is 2.36. The highest BCUT2D eigenvalue weighted by Gasteiger charge is 2.24. The number of anilines is 1. The number of amides is 1. The van der Waals surface area contributed by atoms with Crippen LogP contribution in [0.3, 0.4) is 0 Å². The van der Waals surface area contributed by atoms with Crippen LogP contribution in [0.25, 0.3) is 28.3 Å². The highest BCUT2D eigenvalue weighted by atomic mass is 16.5. The first-order chi connectivity index (χ1) is 13.7. The lowest BCUT2D eigenvalue weighted by atomic mass is 10.1. The van der Waals surface area contributed by atoms with Gasteiger partial charge in [-0.1, -0.05) is 0 Å². The Bertz CT molecular complexity index is 1160. The van der Waals surface area contributed by atoms with Crippen LogP contribution >= 0.6 is 0 Å². The van der Waals surface area contributed by atoms with Crippen molar-refractivity contribution in [1.29, 1.82) is 0 Å². The number of carbonyl (C=O) groups excluding carboxylic acids is 1. The lowest BCUT2D eigenvalue weighted by molar-refractivity contribution is 0.100. The average Bonchev–Trinajstić information content (AvgIpc) is 3.45. The molecule has 5 heterocycles. The molecule has 0 aliphatic carbocycles. The molecule has 0 aromatic carbocycles. The van der Waals surface area contributed by atoms with E-state index in [0.29, 0.717) is 23.8 Å². The molecule has 142 valence electrons. The summed E-state index contributed by atoms with van der Waals surface area (Å²) in [6, 6.07) is 6.21. The molecule has 1 saturated heterocycles. The number of pyridine rings is 1. The normalized spacial score (nSPS) is 16.8. The Labute approximate surface area is 160 Å². The van der Waals surface area contributed by atoms with Gasteiger partial charge in [0.2, 0.25) is 0 Å². The molecule has 28 heavy (non-hydrogen) atoms. The van der Waals surface area contributed by atoms with Gasteiger partial charge in [-0.3, -0.25) is 4.79 Å². The Hall–Kier alpha value is -3.46. The van der Waals surface area contributed by atoms with Gasteiger partial charge >= 0.3 is 0 Å². The van der Waals surface area contributed by atoms with E-state index in [0.717, 1.165) is 30.0 Å². The van der Waals surface area contributed by atoms with Gasteiger partial charge < -0.3 is 20.4 Å². The smallest absolute Gasteiger partial charge is 0.254 e. The van der Waals surface area contributed by atoms with E-state index in [1.54, 1.807) is 11.6 Å². The minimum absolute atomic E-state index is 0.278. The Balaban J connectivity index is 1.67. The molecule has 9 nitrogen and oxygen atoms in total. The lowest BCUT2D eigenvalue weighted by Gasteiger charge is -2.17. The zero-order valence-corrected chi connectivity index (χ0v) is 15.3. The highest BCUT2D eigenvalue weighted by molar-refractivity contribution is 5.99. The van der Waals surface area contributed by atoms with Crippen LogP contribution in [0.15, 0.2) is 36.8 Å². The maximum Gasteiger partial charge on any atom is 0.254 e. The van der Waals surface area contributed by atoms with E-state index in [9.17, 15) is 4.79 Å². The first-order valence-corrected chi connectivity index (χ1v) is 9.07. The Morgan fingerprint density at radius 2 is 2.25 bits per heavy atom. The van der Waals surface area contributed by atoms with Crippen molar-refractivity contribution in [3.63, 3.8) is 0 Å². The molecular formula is C19H19N7O2. The van der Waals surface area contributed by atoms with Gasteiger partial charge in [0.25, 0.3) is 5.91 Å². The quantitative estimate of drug-likeness (QED) is 0.561. The van der Waals surface area contributed by atoms with E-state index >= 15 is 0 Å². The van der Waals surface area contributed by atoms with Crippen molar-refractivity contribution in [2.75, 3.05) is 25.6 Å². The van der Waals surface area contributed by atoms with Crippen molar-refractivity contribution in [2.24, 2.45) is 5.73 Å². The zero-order valence-electron chi connectivity index (χ0n) is 15.3. The lowest BCUT2D eigenvalue weighted by Crippen LogP contribution is -2.12. The van der Waals surface area contributed by atoms with Crippen LogP contribution < -0.4 is 11.1 Å². The summed E-state index contributed by atoms with van der Waals surface area (Å²) < 4.78 is 9.27. The zero-order chi connectivity index (χ0) is 19.3. The summed E-state index contributed by atoms with van der Waals surface area (Å²) in [7, 11) is 1.79. The number of hydrogen-bond donors (Lipinski definition) is 2. The van der Waals surface area contributed by atoms with E-state index in [1.807, 2.05) is 30.6 Å². The van der Waals surface area contributed by atoms with Crippen molar-refractivity contribution < 1.29 is 9.53 Å². The van der Waals surface area contributed by atoms with E-state index in [4.69, 9.17) is 10.5 Å². The maximum absolute atomic E-state index is 11.8. The van der Waals surface area contributed by atoms with Crippen molar-refractivity contribution in [1.82, 2.24) is 24.1 Å². The molecule has 0 spiro atoms. The Kier molecular flexibility index (Phi) is 3.76. The summed E-state index contributed by atoms with van der Waals surface area (Å²) in [6.45, 7) is 1.46. The van der Waals surface area contributed by atoms with Gasteiger partial charge in [0.15, 0.2) is 5.65 Å². The molecule has 1 amide bonds. The molecule has 0 saturated carbocycles. The number of nitrogens with one attached hydrogen (secondary N) is 1. The van der Waals surface area contributed by atoms with E-state index in [-0.39, 0.29) is 11.6 Å². The van der Waals surface area contributed by atoms with Crippen molar-refractivity contribution >= 4 is 17.4 Å². The molecular weight excluding hydrogens is 358 g/mol. The van der Waals surface area contributed by atoms with Crippen LogP contribution in [0.5, 0.6) is 0 Å². The molecule has 0 unspecified atom stereocenters.